The van der Waals surface area contributed by atoms with Gasteiger partial charge in [0.05, 0.1) is 25.5 Å². The molecule has 38 heavy (non-hydrogen) atoms. The largest absolute Gasteiger partial charge is 0.495 e. The fourth-order valence-corrected chi connectivity index (χ4v) is 5.44. The van der Waals surface area contributed by atoms with Gasteiger partial charge in [0.15, 0.2) is 5.65 Å². The summed E-state index contributed by atoms with van der Waals surface area (Å²) >= 11 is 0. The molecule has 2 fully saturated rings. The van der Waals surface area contributed by atoms with Crippen molar-refractivity contribution in [3.8, 4) is 17.0 Å². The minimum absolute atomic E-state index is 0.0732. The van der Waals surface area contributed by atoms with E-state index in [2.05, 4.69) is 50.4 Å². The monoisotopic (exact) mass is 511 g/mol. The fraction of sp³-hybridized carbons (Fsp3) is 0.345. The van der Waals surface area contributed by atoms with Crippen molar-refractivity contribution in [3.05, 3.63) is 67.1 Å². The molecule has 0 bridgehead atoms. The summed E-state index contributed by atoms with van der Waals surface area (Å²) in [6.45, 7) is 5.29. The Balaban J connectivity index is 1.15. The van der Waals surface area contributed by atoms with Gasteiger partial charge in [0, 0.05) is 62.9 Å². The van der Waals surface area contributed by atoms with Gasteiger partial charge in [-0.15, -0.1) is 0 Å². The SMILES string of the molecule is COc1ccccc1N1CCN(C(=O)CNc2c(-c3ccc(N4CCCC4)cc3)nc3cnccn23)CC1. The van der Waals surface area contributed by atoms with Gasteiger partial charge in [-0.25, -0.2) is 4.98 Å². The standard InChI is InChI=1S/C29H33N7O2/c1-38-25-7-3-2-6-24(25)34-16-18-35(19-17-34)27(37)21-31-29-28(32-26-20-30-12-15-36(26)29)22-8-10-23(11-9-22)33-13-4-5-14-33/h2-3,6-12,15,20,31H,4-5,13-14,16-19,21H2,1H3. The van der Waals surface area contributed by atoms with Crippen LogP contribution >= 0.6 is 0 Å². The van der Waals surface area contributed by atoms with E-state index in [0.717, 1.165) is 60.3 Å². The van der Waals surface area contributed by atoms with Crippen LogP contribution in [-0.4, -0.2) is 78.1 Å². The predicted octanol–water partition coefficient (Wildman–Crippen LogP) is 3.77. The first kappa shape index (κ1) is 24.1. The number of hydrogen-bond donors (Lipinski definition) is 1. The van der Waals surface area contributed by atoms with Crippen molar-refractivity contribution in [2.24, 2.45) is 0 Å². The number of aromatic nitrogens is 3. The third-order valence-corrected chi connectivity index (χ3v) is 7.51. The number of nitrogens with zero attached hydrogens (tertiary/aromatic N) is 6. The van der Waals surface area contributed by atoms with Crippen molar-refractivity contribution in [2.75, 3.05) is 68.0 Å². The van der Waals surface area contributed by atoms with E-state index < -0.39 is 0 Å². The number of rotatable bonds is 7. The molecule has 2 aromatic carbocycles. The molecule has 2 aliphatic rings. The van der Waals surface area contributed by atoms with Crippen LogP contribution in [0.5, 0.6) is 5.75 Å². The van der Waals surface area contributed by atoms with Crippen LogP contribution in [0.4, 0.5) is 17.2 Å². The summed E-state index contributed by atoms with van der Waals surface area (Å²) in [5, 5.41) is 3.40. The second-order valence-corrected chi connectivity index (χ2v) is 9.75. The minimum atomic E-state index is 0.0732. The Morgan fingerprint density at radius 2 is 1.71 bits per heavy atom. The molecule has 0 aliphatic carbocycles. The number of carbonyl (C=O) groups is 1. The zero-order valence-corrected chi connectivity index (χ0v) is 21.7. The second-order valence-electron chi connectivity index (χ2n) is 9.75. The smallest absolute Gasteiger partial charge is 0.242 e. The maximum atomic E-state index is 13.2. The number of fused-ring (bicyclic) bond motifs is 1. The van der Waals surface area contributed by atoms with E-state index in [0.29, 0.717) is 13.1 Å². The Hall–Kier alpha value is -4.27. The van der Waals surface area contributed by atoms with Crippen molar-refractivity contribution in [1.29, 1.82) is 0 Å². The summed E-state index contributed by atoms with van der Waals surface area (Å²) in [6.07, 6.45) is 7.85. The number of anilines is 3. The summed E-state index contributed by atoms with van der Waals surface area (Å²) in [4.78, 5) is 28.9. The number of nitrogens with one attached hydrogen (secondary N) is 1. The molecule has 4 heterocycles. The average molecular weight is 512 g/mol. The van der Waals surface area contributed by atoms with Crippen LogP contribution in [0.1, 0.15) is 12.8 Å². The molecule has 1 N–H and O–H groups in total. The summed E-state index contributed by atoms with van der Waals surface area (Å²) < 4.78 is 7.48. The van der Waals surface area contributed by atoms with Crippen LogP contribution in [0, 0.1) is 0 Å². The molecule has 2 saturated heterocycles. The van der Waals surface area contributed by atoms with E-state index in [-0.39, 0.29) is 12.5 Å². The maximum Gasteiger partial charge on any atom is 0.242 e. The van der Waals surface area contributed by atoms with E-state index in [1.807, 2.05) is 33.7 Å². The molecule has 9 heteroatoms. The summed E-state index contributed by atoms with van der Waals surface area (Å²) in [5.74, 6) is 1.73. The van der Waals surface area contributed by atoms with Crippen molar-refractivity contribution < 1.29 is 9.53 Å². The minimum Gasteiger partial charge on any atom is -0.495 e. The normalized spacial score (nSPS) is 15.8. The van der Waals surface area contributed by atoms with Crippen molar-refractivity contribution >= 4 is 28.7 Å². The Bertz CT molecular complexity index is 1400. The molecule has 196 valence electrons. The lowest BCUT2D eigenvalue weighted by Gasteiger charge is -2.36. The number of ether oxygens (including phenoxy) is 1. The van der Waals surface area contributed by atoms with Crippen LogP contribution in [0.3, 0.4) is 0 Å². The van der Waals surface area contributed by atoms with E-state index in [9.17, 15) is 4.79 Å². The molecule has 1 amide bonds. The highest BCUT2D eigenvalue weighted by Crippen LogP contribution is 2.31. The third-order valence-electron chi connectivity index (χ3n) is 7.51. The molecule has 2 aliphatic heterocycles. The van der Waals surface area contributed by atoms with E-state index >= 15 is 0 Å². The molecule has 9 nitrogen and oxygen atoms in total. The number of piperazine rings is 1. The number of methoxy groups -OCH3 is 1. The molecule has 0 unspecified atom stereocenters. The number of hydrogen-bond acceptors (Lipinski definition) is 7. The van der Waals surface area contributed by atoms with Gasteiger partial charge in [0.2, 0.25) is 5.91 Å². The lowest BCUT2D eigenvalue weighted by Crippen LogP contribution is -2.50. The molecule has 0 spiro atoms. The van der Waals surface area contributed by atoms with Crippen LogP contribution in [0.25, 0.3) is 16.9 Å². The highest BCUT2D eigenvalue weighted by Gasteiger charge is 2.24. The van der Waals surface area contributed by atoms with Gasteiger partial charge in [0.1, 0.15) is 17.3 Å². The highest BCUT2D eigenvalue weighted by atomic mass is 16.5. The Morgan fingerprint density at radius 3 is 2.47 bits per heavy atom. The van der Waals surface area contributed by atoms with Crippen LogP contribution in [-0.2, 0) is 4.79 Å². The van der Waals surface area contributed by atoms with Gasteiger partial charge < -0.3 is 24.8 Å². The van der Waals surface area contributed by atoms with Gasteiger partial charge in [-0.05, 0) is 37.1 Å². The predicted molar refractivity (Wildman–Crippen MR) is 150 cm³/mol. The molecule has 6 rings (SSSR count). The number of benzene rings is 2. The lowest BCUT2D eigenvalue weighted by atomic mass is 10.1. The van der Waals surface area contributed by atoms with Crippen LogP contribution in [0.15, 0.2) is 67.1 Å². The number of imidazole rings is 1. The van der Waals surface area contributed by atoms with Gasteiger partial charge in [-0.1, -0.05) is 24.3 Å². The van der Waals surface area contributed by atoms with Gasteiger partial charge in [0.25, 0.3) is 0 Å². The van der Waals surface area contributed by atoms with Crippen molar-refractivity contribution in [2.45, 2.75) is 12.8 Å². The van der Waals surface area contributed by atoms with Gasteiger partial charge in [-0.2, -0.15) is 0 Å². The quantitative estimate of drug-likeness (QED) is 0.405. The summed E-state index contributed by atoms with van der Waals surface area (Å²) in [7, 11) is 1.69. The zero-order chi connectivity index (χ0) is 25.9. The fourth-order valence-electron chi connectivity index (χ4n) is 5.44. The second kappa shape index (κ2) is 10.6. The molecule has 0 radical (unpaired) electrons. The first-order valence-electron chi connectivity index (χ1n) is 13.3. The molecule has 0 saturated carbocycles. The van der Waals surface area contributed by atoms with E-state index in [1.54, 1.807) is 19.5 Å². The highest BCUT2D eigenvalue weighted by molar-refractivity contribution is 5.84. The lowest BCUT2D eigenvalue weighted by molar-refractivity contribution is -0.129. The topological polar surface area (TPSA) is 78.2 Å². The summed E-state index contributed by atoms with van der Waals surface area (Å²) in [6, 6.07) is 16.6. The van der Waals surface area contributed by atoms with Crippen molar-refractivity contribution in [3.63, 3.8) is 0 Å². The molecular formula is C29H33N7O2. The van der Waals surface area contributed by atoms with E-state index in [4.69, 9.17) is 9.72 Å². The van der Waals surface area contributed by atoms with Gasteiger partial charge >= 0.3 is 0 Å². The molecule has 4 aromatic rings. The van der Waals surface area contributed by atoms with Gasteiger partial charge in [-0.3, -0.25) is 14.2 Å². The van der Waals surface area contributed by atoms with Crippen LogP contribution < -0.4 is 19.9 Å². The Labute approximate surface area is 222 Å². The zero-order valence-electron chi connectivity index (χ0n) is 21.7. The number of carbonyl (C=O) groups excluding carboxylic acids is 1. The Kier molecular flexibility index (Phi) is 6.73. The maximum absolute atomic E-state index is 13.2. The Morgan fingerprint density at radius 1 is 0.947 bits per heavy atom. The molecule has 0 atom stereocenters. The number of para-hydroxylation sites is 2. The van der Waals surface area contributed by atoms with E-state index in [1.165, 1.54) is 18.5 Å². The summed E-state index contributed by atoms with van der Waals surface area (Å²) in [5.41, 5.74) is 4.89. The first-order valence-corrected chi connectivity index (χ1v) is 13.3. The first-order chi connectivity index (χ1) is 18.7. The van der Waals surface area contributed by atoms with Crippen molar-refractivity contribution in [1.82, 2.24) is 19.3 Å². The van der Waals surface area contributed by atoms with Crippen LogP contribution in [0.2, 0.25) is 0 Å². The average Bonchev–Trinajstić information content (AvgIpc) is 3.65. The number of amides is 1. The third kappa shape index (κ3) is 4.71. The molecule has 2 aromatic heterocycles. The molecular weight excluding hydrogens is 478 g/mol.